The highest BCUT2D eigenvalue weighted by Gasteiger charge is 2.07. The van der Waals surface area contributed by atoms with Crippen LogP contribution in [0.25, 0.3) is 22.6 Å². The van der Waals surface area contributed by atoms with Crippen LogP contribution in [0.4, 0.5) is 0 Å². The summed E-state index contributed by atoms with van der Waals surface area (Å²) in [6.45, 7) is 0. The van der Waals surface area contributed by atoms with Gasteiger partial charge in [-0.15, -0.1) is 0 Å². The molecular formula is C14H10N2O. The Balaban J connectivity index is 1.99. The van der Waals surface area contributed by atoms with E-state index >= 15 is 0 Å². The Kier molecular flexibility index (Phi) is 2.43. The number of aromatic nitrogens is 2. The maximum Gasteiger partial charge on any atom is 0.167 e. The van der Waals surface area contributed by atoms with Gasteiger partial charge in [0.1, 0.15) is 5.69 Å². The van der Waals surface area contributed by atoms with Crippen molar-refractivity contribution < 1.29 is 4.52 Å². The molecule has 82 valence electrons. The smallest absolute Gasteiger partial charge is 0.167 e. The molecule has 0 radical (unpaired) electrons. The molecule has 0 spiro atoms. The van der Waals surface area contributed by atoms with Crippen LogP contribution < -0.4 is 0 Å². The van der Waals surface area contributed by atoms with Gasteiger partial charge in [0, 0.05) is 29.6 Å². The minimum absolute atomic E-state index is 0.775. The molecule has 1 aromatic carbocycles. The van der Waals surface area contributed by atoms with Gasteiger partial charge in [0.15, 0.2) is 5.76 Å². The summed E-state index contributed by atoms with van der Waals surface area (Å²) >= 11 is 0. The first-order valence-corrected chi connectivity index (χ1v) is 5.36. The fraction of sp³-hybridized carbons (Fsp3) is 0. The van der Waals surface area contributed by atoms with Crippen molar-refractivity contribution >= 4 is 0 Å². The van der Waals surface area contributed by atoms with Gasteiger partial charge in [-0.25, -0.2) is 0 Å². The van der Waals surface area contributed by atoms with Crippen molar-refractivity contribution in [2.24, 2.45) is 0 Å². The van der Waals surface area contributed by atoms with Crippen molar-refractivity contribution in [2.45, 2.75) is 0 Å². The molecular weight excluding hydrogens is 212 g/mol. The van der Waals surface area contributed by atoms with E-state index in [4.69, 9.17) is 4.52 Å². The summed E-state index contributed by atoms with van der Waals surface area (Å²) in [4.78, 5) is 3.98. The fourth-order valence-corrected chi connectivity index (χ4v) is 1.67. The summed E-state index contributed by atoms with van der Waals surface area (Å²) in [5.74, 6) is 0.775. The molecule has 0 bridgehead atoms. The van der Waals surface area contributed by atoms with Gasteiger partial charge in [-0.3, -0.25) is 4.98 Å². The molecule has 0 aliphatic heterocycles. The second-order valence-electron chi connectivity index (χ2n) is 3.68. The Hall–Kier alpha value is -2.42. The first kappa shape index (κ1) is 9.78. The quantitative estimate of drug-likeness (QED) is 0.667. The molecule has 0 N–H and O–H groups in total. The average molecular weight is 222 g/mol. The molecule has 3 heteroatoms. The lowest BCUT2D eigenvalue weighted by atomic mass is 10.1. The molecule has 3 aromatic rings. The van der Waals surface area contributed by atoms with Gasteiger partial charge in [0.05, 0.1) is 0 Å². The first-order valence-electron chi connectivity index (χ1n) is 5.36. The normalized spacial score (nSPS) is 10.4. The lowest BCUT2D eigenvalue weighted by Crippen LogP contribution is -1.76. The van der Waals surface area contributed by atoms with E-state index in [9.17, 15) is 0 Å². The topological polar surface area (TPSA) is 38.9 Å². The lowest BCUT2D eigenvalue weighted by molar-refractivity contribution is 0.435. The van der Waals surface area contributed by atoms with Gasteiger partial charge in [0.2, 0.25) is 0 Å². The summed E-state index contributed by atoms with van der Waals surface area (Å²) in [5, 5.41) is 4.06. The molecule has 17 heavy (non-hydrogen) atoms. The van der Waals surface area contributed by atoms with Gasteiger partial charge >= 0.3 is 0 Å². The van der Waals surface area contributed by atoms with Crippen LogP contribution in [0.3, 0.4) is 0 Å². The van der Waals surface area contributed by atoms with Gasteiger partial charge in [0.25, 0.3) is 0 Å². The molecule has 0 fully saturated rings. The highest BCUT2D eigenvalue weighted by atomic mass is 16.5. The van der Waals surface area contributed by atoms with E-state index in [1.165, 1.54) is 0 Å². The van der Waals surface area contributed by atoms with Crippen molar-refractivity contribution in [2.75, 3.05) is 0 Å². The average Bonchev–Trinajstić information content (AvgIpc) is 2.90. The highest BCUT2D eigenvalue weighted by Crippen LogP contribution is 2.25. The van der Waals surface area contributed by atoms with Gasteiger partial charge in [-0.1, -0.05) is 35.5 Å². The van der Waals surface area contributed by atoms with E-state index in [2.05, 4.69) is 10.1 Å². The second-order valence-corrected chi connectivity index (χ2v) is 3.68. The number of pyridine rings is 1. The molecule has 2 heterocycles. The van der Waals surface area contributed by atoms with Crippen LogP contribution in [-0.2, 0) is 0 Å². The molecule has 2 aromatic heterocycles. The summed E-state index contributed by atoms with van der Waals surface area (Å²) in [5.41, 5.74) is 2.86. The van der Waals surface area contributed by atoms with E-state index in [0.717, 1.165) is 22.6 Å². The minimum Gasteiger partial charge on any atom is -0.356 e. The Morgan fingerprint density at radius 1 is 0.824 bits per heavy atom. The van der Waals surface area contributed by atoms with Crippen LogP contribution in [0.2, 0.25) is 0 Å². The van der Waals surface area contributed by atoms with E-state index in [1.807, 2.05) is 48.5 Å². The molecule has 0 saturated heterocycles. The summed E-state index contributed by atoms with van der Waals surface area (Å²) < 4.78 is 5.33. The summed E-state index contributed by atoms with van der Waals surface area (Å²) in [7, 11) is 0. The number of hydrogen-bond acceptors (Lipinski definition) is 3. The zero-order chi connectivity index (χ0) is 11.5. The molecule has 0 unspecified atom stereocenters. The second kappa shape index (κ2) is 4.22. The number of benzene rings is 1. The SMILES string of the molecule is c1ccc(-c2cc(-c3ccncc3)no2)cc1. The van der Waals surface area contributed by atoms with Gasteiger partial charge in [-0.2, -0.15) is 0 Å². The van der Waals surface area contributed by atoms with E-state index < -0.39 is 0 Å². The third-order valence-electron chi connectivity index (χ3n) is 2.54. The third kappa shape index (κ3) is 1.95. The van der Waals surface area contributed by atoms with Gasteiger partial charge in [-0.05, 0) is 12.1 Å². The Morgan fingerprint density at radius 3 is 2.35 bits per heavy atom. The maximum atomic E-state index is 5.33. The van der Waals surface area contributed by atoms with Crippen LogP contribution in [0, 0.1) is 0 Å². The van der Waals surface area contributed by atoms with Crippen molar-refractivity contribution in [3.05, 3.63) is 60.9 Å². The summed E-state index contributed by atoms with van der Waals surface area (Å²) in [6, 6.07) is 15.7. The van der Waals surface area contributed by atoms with Gasteiger partial charge < -0.3 is 4.52 Å². The molecule has 0 atom stereocenters. The van der Waals surface area contributed by atoms with Crippen molar-refractivity contribution in [3.8, 4) is 22.6 Å². The van der Waals surface area contributed by atoms with E-state index in [-0.39, 0.29) is 0 Å². The number of nitrogens with zero attached hydrogens (tertiary/aromatic N) is 2. The van der Waals surface area contributed by atoms with E-state index in [0.29, 0.717) is 0 Å². The number of hydrogen-bond donors (Lipinski definition) is 0. The maximum absolute atomic E-state index is 5.33. The van der Waals surface area contributed by atoms with Crippen LogP contribution in [-0.4, -0.2) is 10.1 Å². The molecule has 0 saturated carbocycles. The zero-order valence-electron chi connectivity index (χ0n) is 9.08. The molecule has 0 aliphatic carbocycles. The molecule has 0 aliphatic rings. The van der Waals surface area contributed by atoms with Crippen LogP contribution >= 0.6 is 0 Å². The lowest BCUT2D eigenvalue weighted by Gasteiger charge is -1.92. The Labute approximate surface area is 98.7 Å². The standard InChI is InChI=1S/C14H10N2O/c1-2-4-12(5-3-1)14-10-13(16-17-14)11-6-8-15-9-7-11/h1-10H. The van der Waals surface area contributed by atoms with E-state index in [1.54, 1.807) is 12.4 Å². The molecule has 0 amide bonds. The Morgan fingerprint density at radius 2 is 1.59 bits per heavy atom. The molecule has 3 rings (SSSR count). The summed E-state index contributed by atoms with van der Waals surface area (Å²) in [6.07, 6.45) is 3.48. The first-order chi connectivity index (χ1) is 8.43. The van der Waals surface area contributed by atoms with Crippen LogP contribution in [0.15, 0.2) is 65.4 Å². The minimum atomic E-state index is 0.775. The molecule has 3 nitrogen and oxygen atoms in total. The third-order valence-corrected chi connectivity index (χ3v) is 2.54. The predicted molar refractivity (Wildman–Crippen MR) is 65.2 cm³/mol. The highest BCUT2D eigenvalue weighted by molar-refractivity contribution is 5.66. The number of rotatable bonds is 2. The fourth-order valence-electron chi connectivity index (χ4n) is 1.67. The predicted octanol–water partition coefficient (Wildman–Crippen LogP) is 3.40. The van der Waals surface area contributed by atoms with Crippen molar-refractivity contribution in [3.63, 3.8) is 0 Å². The van der Waals surface area contributed by atoms with Crippen molar-refractivity contribution in [1.29, 1.82) is 0 Å². The Bertz CT molecular complexity index is 548. The van der Waals surface area contributed by atoms with Crippen LogP contribution in [0.5, 0.6) is 0 Å². The van der Waals surface area contributed by atoms with Crippen LogP contribution in [0.1, 0.15) is 0 Å². The van der Waals surface area contributed by atoms with Crippen molar-refractivity contribution in [1.82, 2.24) is 10.1 Å². The zero-order valence-corrected chi connectivity index (χ0v) is 9.08. The monoisotopic (exact) mass is 222 g/mol. The largest absolute Gasteiger partial charge is 0.356 e.